The van der Waals surface area contributed by atoms with Crippen LogP contribution in [0.5, 0.6) is 0 Å². The molecule has 0 aliphatic carbocycles. The minimum atomic E-state index is -0.494. The van der Waals surface area contributed by atoms with Crippen molar-refractivity contribution in [2.75, 3.05) is 5.32 Å². The molecule has 0 radical (unpaired) electrons. The Kier molecular flexibility index (Phi) is 6.78. The highest BCUT2D eigenvalue weighted by Crippen LogP contribution is 2.34. The molecule has 2 aromatic carbocycles. The molecule has 0 spiro atoms. The van der Waals surface area contributed by atoms with Gasteiger partial charge in [-0.3, -0.25) is 9.36 Å². The fourth-order valence-corrected chi connectivity index (χ4v) is 4.24. The van der Waals surface area contributed by atoms with Crippen molar-refractivity contribution in [3.8, 4) is 5.69 Å². The molecule has 10 heteroatoms. The van der Waals surface area contributed by atoms with Crippen molar-refractivity contribution in [1.29, 1.82) is 0 Å². The molecule has 3 aromatic rings. The van der Waals surface area contributed by atoms with Crippen LogP contribution in [0.25, 0.3) is 5.69 Å². The topological polar surface area (TPSA) is 59.8 Å². The van der Waals surface area contributed by atoms with Crippen molar-refractivity contribution >= 4 is 69.8 Å². The lowest BCUT2D eigenvalue weighted by Crippen LogP contribution is -2.23. The van der Waals surface area contributed by atoms with Crippen LogP contribution in [0.4, 0.5) is 5.69 Å². The monoisotopic (exact) mass is 474 g/mol. The van der Waals surface area contributed by atoms with Gasteiger partial charge in [0.1, 0.15) is 6.33 Å². The number of anilines is 1. The number of carbonyl (C=O) groups excluding carboxylic acids is 1. The Morgan fingerprint density at radius 1 is 1.11 bits per heavy atom. The van der Waals surface area contributed by atoms with E-state index in [-0.39, 0.29) is 16.0 Å². The highest BCUT2D eigenvalue weighted by atomic mass is 35.5. The summed E-state index contributed by atoms with van der Waals surface area (Å²) in [5, 5.41) is 12.4. The molecule has 5 nitrogen and oxygen atoms in total. The molecule has 3 rings (SSSR count). The fourth-order valence-electron chi connectivity index (χ4n) is 2.31. The Bertz CT molecular complexity index is 1020. The predicted octanol–water partition coefficient (Wildman–Crippen LogP) is 6.31. The van der Waals surface area contributed by atoms with E-state index in [9.17, 15) is 4.79 Å². The van der Waals surface area contributed by atoms with Gasteiger partial charge in [0, 0.05) is 10.0 Å². The second-order valence-corrected chi connectivity index (χ2v) is 8.88. The molecule has 0 fully saturated rings. The first-order valence-corrected chi connectivity index (χ1v) is 10.4. The number of nitrogens with zero attached hydrogens (tertiary/aromatic N) is 3. The summed E-state index contributed by atoms with van der Waals surface area (Å²) in [4.78, 5) is 12.6. The third-order valence-corrected chi connectivity index (χ3v) is 6.13. The molecule has 1 heterocycles. The number of thioether (sulfide) groups is 1. The molecular formula is C18H14Cl4N4OS. The van der Waals surface area contributed by atoms with Crippen LogP contribution in [0.15, 0.2) is 41.8 Å². The van der Waals surface area contributed by atoms with Gasteiger partial charge in [-0.1, -0.05) is 64.2 Å². The zero-order chi connectivity index (χ0) is 20.4. The lowest BCUT2D eigenvalue weighted by atomic mass is 10.2. The van der Waals surface area contributed by atoms with Crippen molar-refractivity contribution in [3.63, 3.8) is 0 Å². The number of hydrogen-bond acceptors (Lipinski definition) is 4. The number of benzene rings is 2. The fraction of sp³-hybridized carbons (Fsp3) is 0.167. The van der Waals surface area contributed by atoms with E-state index in [0.717, 1.165) is 11.3 Å². The quantitative estimate of drug-likeness (QED) is 0.439. The van der Waals surface area contributed by atoms with Gasteiger partial charge in [0.15, 0.2) is 5.16 Å². The van der Waals surface area contributed by atoms with Gasteiger partial charge in [-0.15, -0.1) is 10.2 Å². The number of halogens is 4. The van der Waals surface area contributed by atoms with Crippen molar-refractivity contribution in [2.45, 2.75) is 24.3 Å². The number of aromatic nitrogens is 3. The van der Waals surface area contributed by atoms with Crippen LogP contribution in [0.2, 0.25) is 20.1 Å². The molecular weight excluding hydrogens is 462 g/mol. The molecule has 0 saturated carbocycles. The minimum Gasteiger partial charge on any atom is -0.323 e. The average Bonchev–Trinajstić information content (AvgIpc) is 3.08. The molecule has 1 amide bonds. The van der Waals surface area contributed by atoms with E-state index >= 15 is 0 Å². The van der Waals surface area contributed by atoms with Crippen molar-refractivity contribution in [2.24, 2.45) is 0 Å². The van der Waals surface area contributed by atoms with E-state index in [0.29, 0.717) is 20.9 Å². The predicted molar refractivity (Wildman–Crippen MR) is 117 cm³/mol. The van der Waals surface area contributed by atoms with Gasteiger partial charge in [0.05, 0.1) is 26.7 Å². The average molecular weight is 476 g/mol. The third-order valence-electron chi connectivity index (χ3n) is 3.86. The lowest BCUT2D eigenvalue weighted by Gasteiger charge is -2.14. The van der Waals surface area contributed by atoms with Crippen LogP contribution in [0, 0.1) is 6.92 Å². The van der Waals surface area contributed by atoms with E-state index in [4.69, 9.17) is 46.4 Å². The van der Waals surface area contributed by atoms with E-state index in [2.05, 4.69) is 15.5 Å². The van der Waals surface area contributed by atoms with Crippen LogP contribution < -0.4 is 5.32 Å². The largest absolute Gasteiger partial charge is 0.323 e. The molecule has 0 aliphatic rings. The summed E-state index contributed by atoms with van der Waals surface area (Å²) in [5.41, 5.74) is 2.09. The number of hydrogen-bond donors (Lipinski definition) is 1. The maximum Gasteiger partial charge on any atom is 0.237 e. The maximum absolute atomic E-state index is 12.6. The van der Waals surface area contributed by atoms with Gasteiger partial charge < -0.3 is 5.32 Å². The first-order chi connectivity index (χ1) is 13.3. The van der Waals surface area contributed by atoms with Crippen LogP contribution in [0.1, 0.15) is 12.5 Å². The van der Waals surface area contributed by atoms with Gasteiger partial charge in [0.2, 0.25) is 5.91 Å². The summed E-state index contributed by atoms with van der Waals surface area (Å²) in [6.45, 7) is 3.67. The molecule has 146 valence electrons. The summed E-state index contributed by atoms with van der Waals surface area (Å²) < 4.78 is 1.77. The van der Waals surface area contributed by atoms with Gasteiger partial charge in [0.25, 0.3) is 0 Å². The molecule has 28 heavy (non-hydrogen) atoms. The molecule has 1 aromatic heterocycles. The summed E-state index contributed by atoms with van der Waals surface area (Å²) >= 11 is 25.6. The number of rotatable bonds is 5. The van der Waals surface area contributed by atoms with Gasteiger partial charge in [-0.05, 0) is 43.7 Å². The van der Waals surface area contributed by atoms with Gasteiger partial charge in [-0.2, -0.15) is 0 Å². The number of carbonyl (C=O) groups is 1. The number of amides is 1. The standard InChI is InChI=1S/C18H14Cl4N4OS/c1-9-3-4-12(7-13(9)20)26-8-23-25-18(26)28-10(2)17(27)24-16-14(21)5-11(19)6-15(16)22/h3-8,10H,1-2H3,(H,24,27). The Balaban J connectivity index is 1.77. The van der Waals surface area contributed by atoms with Gasteiger partial charge >= 0.3 is 0 Å². The highest BCUT2D eigenvalue weighted by Gasteiger charge is 2.21. The van der Waals surface area contributed by atoms with E-state index in [1.807, 2.05) is 25.1 Å². The van der Waals surface area contributed by atoms with Crippen LogP contribution in [-0.2, 0) is 4.79 Å². The zero-order valence-corrected chi connectivity index (χ0v) is 18.6. The zero-order valence-electron chi connectivity index (χ0n) is 14.7. The molecule has 1 unspecified atom stereocenters. The molecule has 1 atom stereocenters. The normalized spacial score (nSPS) is 12.1. The van der Waals surface area contributed by atoms with Crippen LogP contribution in [-0.4, -0.2) is 25.9 Å². The van der Waals surface area contributed by atoms with Gasteiger partial charge in [-0.25, -0.2) is 0 Å². The highest BCUT2D eigenvalue weighted by molar-refractivity contribution is 8.00. The number of nitrogens with one attached hydrogen (secondary N) is 1. The summed E-state index contributed by atoms with van der Waals surface area (Å²) in [6, 6.07) is 8.67. The van der Waals surface area contributed by atoms with Crippen molar-refractivity contribution < 1.29 is 4.79 Å². The Labute approximate surface area is 186 Å². The lowest BCUT2D eigenvalue weighted by molar-refractivity contribution is -0.115. The molecule has 1 N–H and O–H groups in total. The molecule has 0 bridgehead atoms. The second kappa shape index (κ2) is 8.93. The Morgan fingerprint density at radius 2 is 1.79 bits per heavy atom. The Hall–Kier alpha value is -1.44. The van der Waals surface area contributed by atoms with E-state index in [1.54, 1.807) is 17.8 Å². The van der Waals surface area contributed by atoms with Crippen molar-refractivity contribution in [3.05, 3.63) is 62.3 Å². The summed E-state index contributed by atoms with van der Waals surface area (Å²) in [7, 11) is 0. The van der Waals surface area contributed by atoms with Crippen molar-refractivity contribution in [1.82, 2.24) is 14.8 Å². The smallest absolute Gasteiger partial charge is 0.237 e. The molecule has 0 aliphatic heterocycles. The SMILES string of the molecule is Cc1ccc(-n2cnnc2SC(C)C(=O)Nc2c(Cl)cc(Cl)cc2Cl)cc1Cl. The third kappa shape index (κ3) is 4.75. The molecule has 0 saturated heterocycles. The van der Waals surface area contributed by atoms with E-state index < -0.39 is 5.25 Å². The van der Waals surface area contributed by atoms with E-state index in [1.165, 1.54) is 23.9 Å². The second-order valence-electron chi connectivity index (χ2n) is 5.91. The summed E-state index contributed by atoms with van der Waals surface area (Å²) in [6.07, 6.45) is 1.57. The maximum atomic E-state index is 12.6. The minimum absolute atomic E-state index is 0.264. The summed E-state index contributed by atoms with van der Waals surface area (Å²) in [5.74, 6) is -0.285. The number of aryl methyl sites for hydroxylation is 1. The van der Waals surface area contributed by atoms with Crippen LogP contribution in [0.3, 0.4) is 0 Å². The Morgan fingerprint density at radius 3 is 2.43 bits per heavy atom. The first kappa shape index (κ1) is 21.3. The van der Waals surface area contributed by atoms with Crippen LogP contribution >= 0.6 is 58.2 Å². The first-order valence-electron chi connectivity index (χ1n) is 8.05.